The van der Waals surface area contributed by atoms with Crippen LogP contribution < -0.4 is 11.1 Å². The van der Waals surface area contributed by atoms with Crippen molar-refractivity contribution in [3.8, 4) is 0 Å². The van der Waals surface area contributed by atoms with E-state index in [0.29, 0.717) is 18.6 Å². The molecule has 1 aliphatic carbocycles. The highest BCUT2D eigenvalue weighted by molar-refractivity contribution is 4.88. The maximum absolute atomic E-state index is 8.97. The molecule has 3 heteroatoms. The van der Waals surface area contributed by atoms with Crippen LogP contribution in [0.2, 0.25) is 0 Å². The van der Waals surface area contributed by atoms with Gasteiger partial charge in [0.15, 0.2) is 0 Å². The van der Waals surface area contributed by atoms with E-state index in [1.54, 1.807) is 0 Å². The third-order valence-electron chi connectivity index (χ3n) is 3.53. The topological polar surface area (TPSA) is 59.9 Å². The standard InChI is InChI=1S/C10H20N2O/c11-10-4-8(10)1-2-9-3-7(6-13)5-12-9/h7-10,12-13H,1-6,11H2/p+1. The van der Waals surface area contributed by atoms with Crippen LogP contribution in [0.15, 0.2) is 0 Å². The lowest BCUT2D eigenvalue weighted by molar-refractivity contribution is -0.389. The van der Waals surface area contributed by atoms with E-state index in [1.807, 2.05) is 0 Å². The molecule has 1 heterocycles. The van der Waals surface area contributed by atoms with Crippen molar-refractivity contribution in [2.24, 2.45) is 11.8 Å². The Kier molecular flexibility index (Phi) is 2.86. The van der Waals surface area contributed by atoms with Gasteiger partial charge in [-0.05, 0) is 25.2 Å². The van der Waals surface area contributed by atoms with Crippen molar-refractivity contribution in [3.05, 3.63) is 0 Å². The number of rotatable bonds is 4. The second-order valence-corrected chi connectivity index (χ2v) is 4.72. The van der Waals surface area contributed by atoms with Gasteiger partial charge in [-0.25, -0.2) is 0 Å². The number of aliphatic hydroxyl groups excluding tert-OH is 1. The first-order valence-corrected chi connectivity index (χ1v) is 5.47. The highest BCUT2D eigenvalue weighted by atomic mass is 16.3. The molecule has 2 rings (SSSR count). The molecule has 4 atom stereocenters. The van der Waals surface area contributed by atoms with Gasteiger partial charge in [0.1, 0.15) is 0 Å². The SMILES string of the molecule is [NH3+]C1CC1CCC1CC(CO)CN1. The second kappa shape index (κ2) is 3.95. The Labute approximate surface area is 79.7 Å². The van der Waals surface area contributed by atoms with E-state index in [2.05, 4.69) is 11.1 Å². The van der Waals surface area contributed by atoms with Crippen molar-refractivity contribution in [1.29, 1.82) is 0 Å². The average molecular weight is 185 g/mol. The zero-order valence-electron chi connectivity index (χ0n) is 8.21. The van der Waals surface area contributed by atoms with Gasteiger partial charge in [0.2, 0.25) is 0 Å². The Morgan fingerprint density at radius 1 is 1.31 bits per heavy atom. The molecule has 76 valence electrons. The Hall–Kier alpha value is -0.120. The van der Waals surface area contributed by atoms with Gasteiger partial charge >= 0.3 is 0 Å². The fourth-order valence-corrected chi connectivity index (χ4v) is 2.34. The summed E-state index contributed by atoms with van der Waals surface area (Å²) in [5.74, 6) is 1.43. The minimum atomic E-state index is 0.352. The Morgan fingerprint density at radius 2 is 2.08 bits per heavy atom. The van der Waals surface area contributed by atoms with Crippen LogP contribution in [0, 0.1) is 11.8 Å². The van der Waals surface area contributed by atoms with E-state index < -0.39 is 0 Å². The normalized spacial score (nSPS) is 43.8. The summed E-state index contributed by atoms with van der Waals surface area (Å²) in [6, 6.07) is 1.42. The number of quaternary nitrogens is 1. The van der Waals surface area contributed by atoms with E-state index >= 15 is 0 Å². The first-order chi connectivity index (χ1) is 6.29. The van der Waals surface area contributed by atoms with Gasteiger partial charge in [-0.15, -0.1) is 0 Å². The highest BCUT2D eigenvalue weighted by Crippen LogP contribution is 2.32. The van der Waals surface area contributed by atoms with Crippen LogP contribution in [0.4, 0.5) is 0 Å². The van der Waals surface area contributed by atoms with Gasteiger partial charge in [0, 0.05) is 31.5 Å². The van der Waals surface area contributed by atoms with E-state index in [9.17, 15) is 0 Å². The summed E-state index contributed by atoms with van der Waals surface area (Å²) >= 11 is 0. The maximum Gasteiger partial charge on any atom is 0.0879 e. The van der Waals surface area contributed by atoms with Gasteiger partial charge in [-0.3, -0.25) is 0 Å². The molecule has 4 unspecified atom stereocenters. The van der Waals surface area contributed by atoms with Crippen molar-refractivity contribution >= 4 is 0 Å². The van der Waals surface area contributed by atoms with E-state index in [-0.39, 0.29) is 0 Å². The molecule has 1 saturated heterocycles. The number of nitrogens with one attached hydrogen (secondary N) is 1. The minimum absolute atomic E-state index is 0.352. The first kappa shape index (κ1) is 9.44. The summed E-state index contributed by atoms with van der Waals surface area (Å²) in [4.78, 5) is 0. The van der Waals surface area contributed by atoms with Crippen molar-refractivity contribution in [1.82, 2.24) is 5.32 Å². The zero-order valence-corrected chi connectivity index (χ0v) is 8.21. The van der Waals surface area contributed by atoms with E-state index in [1.165, 1.54) is 25.7 Å². The van der Waals surface area contributed by atoms with Crippen molar-refractivity contribution in [2.75, 3.05) is 13.2 Å². The first-order valence-electron chi connectivity index (χ1n) is 5.47. The molecule has 0 radical (unpaired) electrons. The summed E-state index contributed by atoms with van der Waals surface area (Å²) in [6.07, 6.45) is 5.14. The molecule has 0 spiro atoms. The van der Waals surface area contributed by atoms with Crippen LogP contribution in [-0.2, 0) is 0 Å². The molecule has 1 saturated carbocycles. The lowest BCUT2D eigenvalue weighted by atomic mass is 10.0. The predicted octanol–water partition coefficient (Wildman–Crippen LogP) is -0.633. The Bertz CT molecular complexity index is 174. The van der Waals surface area contributed by atoms with Crippen LogP contribution in [0.3, 0.4) is 0 Å². The molecule has 1 aliphatic heterocycles. The van der Waals surface area contributed by atoms with Crippen LogP contribution in [-0.4, -0.2) is 30.3 Å². The molecular formula is C10H21N2O+. The van der Waals surface area contributed by atoms with Crippen molar-refractivity contribution < 1.29 is 10.8 Å². The molecule has 0 aromatic heterocycles. The quantitative estimate of drug-likeness (QED) is 0.546. The predicted molar refractivity (Wildman–Crippen MR) is 51.0 cm³/mol. The number of aliphatic hydroxyl groups is 1. The summed E-state index contributed by atoms with van der Waals surface area (Å²) in [6.45, 7) is 1.37. The van der Waals surface area contributed by atoms with Crippen LogP contribution in [0.1, 0.15) is 25.7 Å². The van der Waals surface area contributed by atoms with Crippen LogP contribution in [0.25, 0.3) is 0 Å². The molecule has 2 aliphatic rings. The molecule has 0 aromatic rings. The van der Waals surface area contributed by atoms with Crippen LogP contribution >= 0.6 is 0 Å². The largest absolute Gasteiger partial charge is 0.396 e. The third-order valence-corrected chi connectivity index (χ3v) is 3.53. The summed E-state index contributed by atoms with van der Waals surface area (Å²) in [5, 5.41) is 12.4. The lowest BCUT2D eigenvalue weighted by Gasteiger charge is -2.08. The van der Waals surface area contributed by atoms with Gasteiger partial charge in [-0.2, -0.15) is 0 Å². The molecule has 0 amide bonds. The van der Waals surface area contributed by atoms with Crippen molar-refractivity contribution in [3.63, 3.8) is 0 Å². The monoisotopic (exact) mass is 185 g/mol. The third kappa shape index (κ3) is 2.42. The molecule has 5 N–H and O–H groups in total. The zero-order chi connectivity index (χ0) is 9.26. The van der Waals surface area contributed by atoms with Gasteiger partial charge < -0.3 is 16.2 Å². The lowest BCUT2D eigenvalue weighted by Crippen LogP contribution is -2.53. The minimum Gasteiger partial charge on any atom is -0.396 e. The fourth-order valence-electron chi connectivity index (χ4n) is 2.34. The molecule has 0 aromatic carbocycles. The van der Waals surface area contributed by atoms with Gasteiger partial charge in [0.05, 0.1) is 6.04 Å². The summed E-state index contributed by atoms with van der Waals surface area (Å²) in [7, 11) is 0. The summed E-state index contributed by atoms with van der Waals surface area (Å²) < 4.78 is 0. The number of hydrogen-bond donors (Lipinski definition) is 3. The smallest absolute Gasteiger partial charge is 0.0879 e. The second-order valence-electron chi connectivity index (χ2n) is 4.72. The van der Waals surface area contributed by atoms with Crippen molar-refractivity contribution in [2.45, 2.75) is 37.8 Å². The fraction of sp³-hybridized carbons (Fsp3) is 1.00. The Morgan fingerprint density at radius 3 is 2.62 bits per heavy atom. The maximum atomic E-state index is 8.97. The highest BCUT2D eigenvalue weighted by Gasteiger charge is 2.37. The van der Waals surface area contributed by atoms with Gasteiger partial charge in [-0.1, -0.05) is 0 Å². The van der Waals surface area contributed by atoms with Crippen LogP contribution in [0.5, 0.6) is 0 Å². The molecule has 13 heavy (non-hydrogen) atoms. The molecular weight excluding hydrogens is 164 g/mol. The van der Waals surface area contributed by atoms with E-state index in [4.69, 9.17) is 5.11 Å². The molecule has 0 bridgehead atoms. The molecule has 3 nitrogen and oxygen atoms in total. The average Bonchev–Trinajstić information content (AvgIpc) is 2.68. The molecule has 2 fully saturated rings. The van der Waals surface area contributed by atoms with Gasteiger partial charge in [0.25, 0.3) is 0 Å². The Balaban J connectivity index is 1.60. The summed E-state index contributed by atoms with van der Waals surface area (Å²) in [5.41, 5.74) is 4.05. The number of hydrogen-bond acceptors (Lipinski definition) is 2. The van der Waals surface area contributed by atoms with E-state index in [0.717, 1.165) is 18.5 Å².